The summed E-state index contributed by atoms with van der Waals surface area (Å²) in [5, 5.41) is 24.3. The van der Waals surface area contributed by atoms with Crippen LogP contribution in [0.15, 0.2) is 41.5 Å². The summed E-state index contributed by atoms with van der Waals surface area (Å²) < 4.78 is 23.4. The molecule has 2 saturated carbocycles. The van der Waals surface area contributed by atoms with Crippen molar-refractivity contribution in [3.63, 3.8) is 0 Å². The first-order valence-electron chi connectivity index (χ1n) is 15.3. The van der Waals surface area contributed by atoms with Crippen molar-refractivity contribution in [2.75, 3.05) is 13.7 Å². The van der Waals surface area contributed by atoms with Crippen molar-refractivity contribution in [1.29, 1.82) is 0 Å². The zero-order valence-corrected chi connectivity index (χ0v) is 26.5. The standard InChI is InChI=1S/C34H46O9/c1-17(21-12-10-9-11-13-21)28(40-8)31(38)43-24-15-34(39)19(3)27-22-16-41-23(22)14-25(36)33(27,7)30(37)29(42-20(4)35)26(18(24)2)32(34,5)6/h9-13,17,19,22-25,27-29,36,39H,14-16H2,1-8H3/t17-,19-,22+,23+,24-,25-,27?,28+,29+,33+,34+/m0/s1. The normalized spacial score (nSPS) is 39.7. The molecule has 43 heavy (non-hydrogen) atoms. The van der Waals surface area contributed by atoms with E-state index >= 15 is 0 Å². The monoisotopic (exact) mass is 598 g/mol. The van der Waals surface area contributed by atoms with Crippen LogP contribution in [0.3, 0.4) is 0 Å². The molecule has 0 aromatic heterocycles. The number of esters is 2. The van der Waals surface area contributed by atoms with Gasteiger partial charge in [0.15, 0.2) is 18.0 Å². The lowest BCUT2D eigenvalue weighted by molar-refractivity contribution is -0.262. The van der Waals surface area contributed by atoms with Gasteiger partial charge in [0.25, 0.3) is 0 Å². The Hall–Kier alpha value is -2.59. The fourth-order valence-electron chi connectivity index (χ4n) is 8.91. The van der Waals surface area contributed by atoms with Gasteiger partial charge in [0, 0.05) is 44.1 Å². The smallest absolute Gasteiger partial charge is 0.336 e. The second-order valence-electron chi connectivity index (χ2n) is 13.9. The highest BCUT2D eigenvalue weighted by Gasteiger charge is 2.70. The van der Waals surface area contributed by atoms with Crippen molar-refractivity contribution in [3.05, 3.63) is 47.0 Å². The minimum absolute atomic E-state index is 0.0655. The van der Waals surface area contributed by atoms with Crippen LogP contribution in [0.4, 0.5) is 0 Å². The highest BCUT2D eigenvalue weighted by atomic mass is 16.6. The van der Waals surface area contributed by atoms with Gasteiger partial charge in [-0.1, -0.05) is 58.0 Å². The molecule has 0 amide bonds. The predicted octanol–water partition coefficient (Wildman–Crippen LogP) is 3.75. The summed E-state index contributed by atoms with van der Waals surface area (Å²) in [7, 11) is 1.46. The van der Waals surface area contributed by atoms with Gasteiger partial charge < -0.3 is 29.2 Å². The minimum atomic E-state index is -1.50. The fraction of sp³-hybridized carbons (Fsp3) is 0.676. The first kappa shape index (κ1) is 31.8. The number of Topliss-reactive ketones (excluding diaryl/α,β-unsaturated/α-hetero) is 1. The van der Waals surface area contributed by atoms with Crippen LogP contribution in [-0.4, -0.2) is 77.8 Å². The molecule has 0 spiro atoms. The average Bonchev–Trinajstić information content (AvgIpc) is 2.94. The SMILES string of the molecule is CO[C@@H](C(=O)O[C@H]1C[C@@]2(O)[C@@H](C)C3[C@@H]4CO[C@@H]4C[C@H](O)[C@@]3(C)C(=O)[C@H](OC(C)=O)C(=C1C)C2(C)C)[C@@H](C)c1ccccc1. The van der Waals surface area contributed by atoms with E-state index in [1.54, 1.807) is 13.8 Å². The zero-order chi connectivity index (χ0) is 31.6. The molecule has 11 atom stereocenters. The molecular formula is C34H46O9. The molecule has 1 saturated heterocycles. The van der Waals surface area contributed by atoms with E-state index in [0.29, 0.717) is 24.2 Å². The maximum Gasteiger partial charge on any atom is 0.336 e. The van der Waals surface area contributed by atoms with E-state index in [-0.39, 0.29) is 24.4 Å². The Morgan fingerprint density at radius 2 is 1.77 bits per heavy atom. The summed E-state index contributed by atoms with van der Waals surface area (Å²) in [5.74, 6) is -3.00. The molecule has 1 aromatic rings. The van der Waals surface area contributed by atoms with Gasteiger partial charge in [0.2, 0.25) is 0 Å². The van der Waals surface area contributed by atoms with E-state index < -0.39 is 70.4 Å². The molecule has 236 valence electrons. The third kappa shape index (κ3) is 4.69. The third-order valence-corrected chi connectivity index (χ3v) is 11.6. The Morgan fingerprint density at radius 3 is 2.33 bits per heavy atom. The summed E-state index contributed by atoms with van der Waals surface area (Å²) in [5.41, 5.74) is -1.96. The number of hydrogen-bond donors (Lipinski definition) is 2. The number of hydrogen-bond acceptors (Lipinski definition) is 9. The number of fused-ring (bicyclic) bond motifs is 5. The Bertz CT molecular complexity index is 1300. The molecule has 2 bridgehead atoms. The lowest BCUT2D eigenvalue weighted by Gasteiger charge is -2.65. The molecule has 5 rings (SSSR count). The molecule has 1 heterocycles. The van der Waals surface area contributed by atoms with Gasteiger partial charge in [0.05, 0.1) is 29.8 Å². The van der Waals surface area contributed by atoms with Crippen molar-refractivity contribution >= 4 is 17.7 Å². The largest absolute Gasteiger partial charge is 0.456 e. The quantitative estimate of drug-likeness (QED) is 0.372. The third-order valence-electron chi connectivity index (χ3n) is 11.6. The molecule has 3 aliphatic carbocycles. The van der Waals surface area contributed by atoms with Gasteiger partial charge in [-0.25, -0.2) is 4.79 Å². The van der Waals surface area contributed by atoms with Crippen molar-refractivity contribution < 1.29 is 43.5 Å². The summed E-state index contributed by atoms with van der Waals surface area (Å²) in [6, 6.07) is 9.53. The van der Waals surface area contributed by atoms with Gasteiger partial charge in [0.1, 0.15) is 6.10 Å². The molecular weight excluding hydrogens is 552 g/mol. The number of aliphatic hydroxyl groups excluding tert-OH is 1. The Kier molecular flexibility index (Phi) is 8.21. The minimum Gasteiger partial charge on any atom is -0.456 e. The van der Waals surface area contributed by atoms with Crippen molar-refractivity contribution in [3.8, 4) is 0 Å². The van der Waals surface area contributed by atoms with E-state index in [2.05, 4.69) is 0 Å². The molecule has 2 N–H and O–H groups in total. The zero-order valence-electron chi connectivity index (χ0n) is 26.5. The molecule has 1 unspecified atom stereocenters. The van der Waals surface area contributed by atoms with Gasteiger partial charge >= 0.3 is 11.9 Å². The molecule has 9 nitrogen and oxygen atoms in total. The van der Waals surface area contributed by atoms with Gasteiger partial charge in [-0.05, 0) is 42.4 Å². The van der Waals surface area contributed by atoms with Crippen LogP contribution < -0.4 is 0 Å². The van der Waals surface area contributed by atoms with Gasteiger partial charge in [-0.3, -0.25) is 9.59 Å². The Morgan fingerprint density at radius 1 is 1.12 bits per heavy atom. The first-order valence-corrected chi connectivity index (χ1v) is 15.3. The van der Waals surface area contributed by atoms with Crippen LogP contribution in [-0.2, 0) is 33.3 Å². The number of carbonyl (C=O) groups excluding carboxylic acids is 3. The highest BCUT2D eigenvalue weighted by molar-refractivity contribution is 5.94. The van der Waals surface area contributed by atoms with Crippen LogP contribution >= 0.6 is 0 Å². The topological polar surface area (TPSA) is 129 Å². The van der Waals surface area contributed by atoms with Crippen molar-refractivity contribution in [2.45, 2.75) is 103 Å². The average molecular weight is 599 g/mol. The van der Waals surface area contributed by atoms with E-state index in [9.17, 15) is 24.6 Å². The Balaban J connectivity index is 1.62. The van der Waals surface area contributed by atoms with Gasteiger partial charge in [-0.15, -0.1) is 0 Å². The van der Waals surface area contributed by atoms with E-state index in [4.69, 9.17) is 18.9 Å². The van der Waals surface area contributed by atoms with Gasteiger partial charge in [-0.2, -0.15) is 0 Å². The Labute approximate surface area is 253 Å². The number of benzene rings is 1. The van der Waals surface area contributed by atoms with Crippen LogP contribution in [0.5, 0.6) is 0 Å². The maximum atomic E-state index is 14.7. The summed E-state index contributed by atoms with van der Waals surface area (Å²) in [6.07, 6.45) is -4.09. The number of ketones is 1. The summed E-state index contributed by atoms with van der Waals surface area (Å²) >= 11 is 0. The number of ether oxygens (including phenoxy) is 4. The van der Waals surface area contributed by atoms with Crippen molar-refractivity contribution in [2.24, 2.45) is 28.6 Å². The number of rotatable bonds is 6. The lowest BCUT2D eigenvalue weighted by Crippen LogP contribution is -2.72. The molecule has 1 aliphatic heterocycles. The molecule has 3 fully saturated rings. The van der Waals surface area contributed by atoms with Crippen molar-refractivity contribution in [1.82, 2.24) is 0 Å². The molecule has 4 aliphatic rings. The number of aliphatic hydroxyl groups is 2. The molecule has 1 aromatic carbocycles. The highest BCUT2D eigenvalue weighted by Crippen LogP contribution is 2.63. The second kappa shape index (κ2) is 11.1. The number of methoxy groups -OCH3 is 1. The van der Waals surface area contributed by atoms with Crippen LogP contribution in [0, 0.1) is 28.6 Å². The molecule has 0 radical (unpaired) electrons. The molecule has 9 heteroatoms. The summed E-state index contributed by atoms with van der Waals surface area (Å²) in [6.45, 7) is 12.7. The first-order chi connectivity index (χ1) is 20.1. The summed E-state index contributed by atoms with van der Waals surface area (Å²) in [4.78, 5) is 40.9. The van der Waals surface area contributed by atoms with Crippen LogP contribution in [0.25, 0.3) is 0 Å². The van der Waals surface area contributed by atoms with Crippen LogP contribution in [0.2, 0.25) is 0 Å². The predicted molar refractivity (Wildman–Crippen MR) is 157 cm³/mol. The number of carbonyl (C=O) groups is 3. The van der Waals surface area contributed by atoms with E-state index in [0.717, 1.165) is 5.56 Å². The second-order valence-corrected chi connectivity index (χ2v) is 13.9. The van der Waals surface area contributed by atoms with E-state index in [1.807, 2.05) is 58.0 Å². The van der Waals surface area contributed by atoms with Crippen LogP contribution in [0.1, 0.15) is 72.8 Å². The maximum absolute atomic E-state index is 14.7. The van der Waals surface area contributed by atoms with E-state index in [1.165, 1.54) is 14.0 Å². The fourth-order valence-corrected chi connectivity index (χ4v) is 8.91. The lowest BCUT2D eigenvalue weighted by atomic mass is 9.44.